The largest absolute Gasteiger partial charge is 0.491 e. The van der Waals surface area contributed by atoms with Crippen LogP contribution in [0.1, 0.15) is 0 Å². The minimum Gasteiger partial charge on any atom is -0.491 e. The van der Waals surface area contributed by atoms with Crippen molar-refractivity contribution in [2.24, 2.45) is 0 Å². The number of ether oxygens (including phenoxy) is 3. The summed E-state index contributed by atoms with van der Waals surface area (Å²) in [6.45, 7) is 4.01. The maximum atomic E-state index is 5.88. The summed E-state index contributed by atoms with van der Waals surface area (Å²) in [5.74, 6) is 0.691. The summed E-state index contributed by atoms with van der Waals surface area (Å²) in [5, 5.41) is 4.19. The zero-order valence-corrected chi connectivity index (χ0v) is 12.5. The molecule has 1 aromatic carbocycles. The Kier molecular flexibility index (Phi) is 8.95. The second-order valence-electron chi connectivity index (χ2n) is 3.78. The van der Waals surface area contributed by atoms with E-state index in [1.165, 1.54) is 0 Å². The number of hydrogen-bond donors (Lipinski definition) is 1. The van der Waals surface area contributed by atoms with Crippen molar-refractivity contribution in [2.75, 3.05) is 46.6 Å². The third-order valence-corrected chi connectivity index (χ3v) is 3.03. The van der Waals surface area contributed by atoms with Gasteiger partial charge in [0.15, 0.2) is 0 Å². The number of halogens is 2. The van der Waals surface area contributed by atoms with Crippen molar-refractivity contribution >= 4 is 23.2 Å². The zero-order chi connectivity index (χ0) is 13.9. The second kappa shape index (κ2) is 10.3. The highest BCUT2D eigenvalue weighted by Crippen LogP contribution is 2.26. The van der Waals surface area contributed by atoms with E-state index in [1.54, 1.807) is 25.3 Å². The molecule has 108 valence electrons. The van der Waals surface area contributed by atoms with Gasteiger partial charge in [-0.25, -0.2) is 0 Å². The first-order valence-corrected chi connectivity index (χ1v) is 6.85. The number of nitrogens with one attached hydrogen (secondary N) is 1. The molecule has 0 saturated heterocycles. The molecular formula is C13H19Cl2NO3. The molecule has 1 N–H and O–H groups in total. The lowest BCUT2D eigenvalue weighted by Crippen LogP contribution is -2.24. The molecule has 0 radical (unpaired) electrons. The summed E-state index contributed by atoms with van der Waals surface area (Å²) in [5.41, 5.74) is 0. The Morgan fingerprint density at radius 2 is 1.79 bits per heavy atom. The highest BCUT2D eigenvalue weighted by Gasteiger charge is 2.00. The van der Waals surface area contributed by atoms with Crippen LogP contribution in [0, 0.1) is 0 Å². The molecule has 1 rings (SSSR count). The predicted molar refractivity (Wildman–Crippen MR) is 77.5 cm³/mol. The SMILES string of the molecule is COCCNCCOCCOc1ccc(Cl)c(Cl)c1. The molecule has 0 aromatic heterocycles. The molecule has 0 aliphatic rings. The minimum atomic E-state index is 0.482. The lowest BCUT2D eigenvalue weighted by atomic mass is 10.3. The molecule has 0 saturated carbocycles. The number of rotatable bonds is 10. The van der Waals surface area contributed by atoms with Crippen LogP contribution in [0.2, 0.25) is 10.0 Å². The van der Waals surface area contributed by atoms with E-state index in [1.807, 2.05) is 0 Å². The topological polar surface area (TPSA) is 39.7 Å². The second-order valence-corrected chi connectivity index (χ2v) is 4.59. The molecule has 0 aliphatic carbocycles. The summed E-state index contributed by atoms with van der Waals surface area (Å²) in [7, 11) is 1.68. The van der Waals surface area contributed by atoms with Crippen LogP contribution in [0.3, 0.4) is 0 Å². The van der Waals surface area contributed by atoms with Crippen LogP contribution in [0.25, 0.3) is 0 Å². The van der Waals surface area contributed by atoms with Gasteiger partial charge < -0.3 is 19.5 Å². The monoisotopic (exact) mass is 307 g/mol. The molecule has 0 atom stereocenters. The van der Waals surface area contributed by atoms with Gasteiger partial charge >= 0.3 is 0 Å². The Balaban J connectivity index is 2.00. The molecular weight excluding hydrogens is 289 g/mol. The molecule has 0 aliphatic heterocycles. The van der Waals surface area contributed by atoms with Crippen LogP contribution in [0.15, 0.2) is 18.2 Å². The van der Waals surface area contributed by atoms with Crippen molar-refractivity contribution in [3.63, 3.8) is 0 Å². The van der Waals surface area contributed by atoms with Crippen molar-refractivity contribution in [2.45, 2.75) is 0 Å². The van der Waals surface area contributed by atoms with E-state index >= 15 is 0 Å². The Bertz CT molecular complexity index is 364. The van der Waals surface area contributed by atoms with Crippen LogP contribution < -0.4 is 10.1 Å². The van der Waals surface area contributed by atoms with E-state index < -0.39 is 0 Å². The van der Waals surface area contributed by atoms with Gasteiger partial charge in [0.1, 0.15) is 12.4 Å². The number of methoxy groups -OCH3 is 1. The minimum absolute atomic E-state index is 0.482. The first-order chi connectivity index (χ1) is 9.24. The quantitative estimate of drug-likeness (QED) is 0.675. The lowest BCUT2D eigenvalue weighted by Gasteiger charge is -2.08. The summed E-state index contributed by atoms with van der Waals surface area (Å²) in [6, 6.07) is 5.18. The maximum absolute atomic E-state index is 5.88. The molecule has 0 unspecified atom stereocenters. The first-order valence-electron chi connectivity index (χ1n) is 6.09. The van der Waals surface area contributed by atoms with E-state index in [0.29, 0.717) is 42.2 Å². The van der Waals surface area contributed by atoms with Gasteiger partial charge in [0.05, 0.1) is 29.9 Å². The van der Waals surface area contributed by atoms with Crippen molar-refractivity contribution < 1.29 is 14.2 Å². The van der Waals surface area contributed by atoms with Gasteiger partial charge in [0.2, 0.25) is 0 Å². The Morgan fingerprint density at radius 3 is 2.53 bits per heavy atom. The fourth-order valence-electron chi connectivity index (χ4n) is 1.33. The van der Waals surface area contributed by atoms with Gasteiger partial charge in [-0.1, -0.05) is 23.2 Å². The van der Waals surface area contributed by atoms with Gasteiger partial charge in [0, 0.05) is 26.3 Å². The van der Waals surface area contributed by atoms with Crippen LogP contribution in [0.4, 0.5) is 0 Å². The highest BCUT2D eigenvalue weighted by molar-refractivity contribution is 6.42. The first kappa shape index (κ1) is 16.5. The van der Waals surface area contributed by atoms with Gasteiger partial charge in [0.25, 0.3) is 0 Å². The molecule has 19 heavy (non-hydrogen) atoms. The van der Waals surface area contributed by atoms with Gasteiger partial charge in [-0.3, -0.25) is 0 Å². The average molecular weight is 308 g/mol. The summed E-state index contributed by atoms with van der Waals surface area (Å²) >= 11 is 11.7. The number of benzene rings is 1. The molecule has 0 bridgehead atoms. The molecule has 0 spiro atoms. The smallest absolute Gasteiger partial charge is 0.121 e. The highest BCUT2D eigenvalue weighted by atomic mass is 35.5. The van der Waals surface area contributed by atoms with Crippen molar-refractivity contribution in [1.82, 2.24) is 5.32 Å². The summed E-state index contributed by atoms with van der Waals surface area (Å²) < 4.78 is 15.8. The fourth-order valence-corrected chi connectivity index (χ4v) is 1.62. The standard InChI is InChI=1S/C13H19Cl2NO3/c1-17-6-4-16-5-7-18-8-9-19-11-2-3-12(14)13(15)10-11/h2-3,10,16H,4-9H2,1H3. The van der Waals surface area contributed by atoms with E-state index in [-0.39, 0.29) is 0 Å². The molecule has 1 aromatic rings. The summed E-state index contributed by atoms with van der Waals surface area (Å²) in [6.07, 6.45) is 0. The average Bonchev–Trinajstić information content (AvgIpc) is 2.41. The molecule has 6 heteroatoms. The van der Waals surface area contributed by atoms with Crippen molar-refractivity contribution in [3.8, 4) is 5.75 Å². The van der Waals surface area contributed by atoms with Crippen molar-refractivity contribution in [1.29, 1.82) is 0 Å². The van der Waals surface area contributed by atoms with E-state index in [9.17, 15) is 0 Å². The van der Waals surface area contributed by atoms with Crippen LogP contribution >= 0.6 is 23.2 Å². The number of hydrogen-bond acceptors (Lipinski definition) is 4. The zero-order valence-electron chi connectivity index (χ0n) is 11.0. The lowest BCUT2D eigenvalue weighted by molar-refractivity contribution is 0.100. The van der Waals surface area contributed by atoms with E-state index in [2.05, 4.69) is 5.32 Å². The molecule has 0 fully saturated rings. The van der Waals surface area contributed by atoms with Crippen LogP contribution in [-0.2, 0) is 9.47 Å². The molecule has 4 nitrogen and oxygen atoms in total. The molecule has 0 amide bonds. The Labute approximate surface area is 123 Å². The molecule has 0 heterocycles. The van der Waals surface area contributed by atoms with E-state index in [0.717, 1.165) is 13.1 Å². The van der Waals surface area contributed by atoms with Gasteiger partial charge in [-0.15, -0.1) is 0 Å². The normalized spacial score (nSPS) is 10.7. The summed E-state index contributed by atoms with van der Waals surface area (Å²) in [4.78, 5) is 0. The Hall–Kier alpha value is -0.520. The third-order valence-electron chi connectivity index (χ3n) is 2.29. The van der Waals surface area contributed by atoms with E-state index in [4.69, 9.17) is 37.4 Å². The van der Waals surface area contributed by atoms with Gasteiger partial charge in [-0.05, 0) is 12.1 Å². The fraction of sp³-hybridized carbons (Fsp3) is 0.538. The third kappa shape index (κ3) is 7.60. The Morgan fingerprint density at radius 1 is 1.00 bits per heavy atom. The van der Waals surface area contributed by atoms with Gasteiger partial charge in [-0.2, -0.15) is 0 Å². The maximum Gasteiger partial charge on any atom is 0.121 e. The predicted octanol–water partition coefficient (Wildman–Crippen LogP) is 2.62. The van der Waals surface area contributed by atoms with Crippen LogP contribution in [0.5, 0.6) is 5.75 Å². The van der Waals surface area contributed by atoms with Crippen molar-refractivity contribution in [3.05, 3.63) is 28.2 Å². The van der Waals surface area contributed by atoms with Crippen LogP contribution in [-0.4, -0.2) is 46.6 Å².